The molecule has 3 aromatic carbocycles. The van der Waals surface area contributed by atoms with E-state index < -0.39 is 6.04 Å². The Balaban J connectivity index is 1.25. The van der Waals surface area contributed by atoms with Crippen LogP contribution in [0.3, 0.4) is 0 Å². The first-order chi connectivity index (χ1) is 21.6. The smallest absolute Gasteiger partial charge is 0.247 e. The standard InChI is InChI=1S/C33H35Cl3N4O5/c1-20-13-28(35)32(29(36)14-20)45-12-11-44-26-8-6-25(7-9-26)40-30(17-37-18-31(40)42)33(43)39(24-4-5-24)19-23-15-22(3-10-27(23)34)16-38-21(2)41/h3,6-10,13-15,24,30,37H,4-5,11-12,16-19H2,1-2H3,(H,38,41)/t30-/m1/s1. The van der Waals surface area contributed by atoms with Crippen molar-refractivity contribution < 1.29 is 23.9 Å². The zero-order chi connectivity index (χ0) is 32.1. The second-order valence-electron chi connectivity index (χ2n) is 11.2. The molecule has 2 N–H and O–H groups in total. The molecule has 0 radical (unpaired) electrons. The third-order valence-corrected chi connectivity index (χ3v) is 8.53. The number of nitrogens with one attached hydrogen (secondary N) is 2. The number of carbonyl (C=O) groups is 3. The molecule has 0 aromatic heterocycles. The minimum atomic E-state index is -0.725. The van der Waals surface area contributed by atoms with Gasteiger partial charge in [-0.1, -0.05) is 46.9 Å². The molecule has 0 unspecified atom stereocenters. The topological polar surface area (TPSA) is 100 Å². The Morgan fingerprint density at radius 2 is 1.67 bits per heavy atom. The number of nitrogens with zero attached hydrogens (tertiary/aromatic N) is 2. The molecule has 9 nitrogen and oxygen atoms in total. The van der Waals surface area contributed by atoms with E-state index in [4.69, 9.17) is 44.3 Å². The van der Waals surface area contributed by atoms with Gasteiger partial charge in [0.05, 0.1) is 16.6 Å². The zero-order valence-electron chi connectivity index (χ0n) is 25.1. The van der Waals surface area contributed by atoms with E-state index in [-0.39, 0.29) is 43.5 Å². The lowest BCUT2D eigenvalue weighted by molar-refractivity contribution is -0.136. The van der Waals surface area contributed by atoms with Crippen molar-refractivity contribution >= 4 is 58.2 Å². The summed E-state index contributed by atoms with van der Waals surface area (Å²) < 4.78 is 11.6. The van der Waals surface area contributed by atoms with Crippen LogP contribution in [-0.2, 0) is 27.5 Å². The van der Waals surface area contributed by atoms with Gasteiger partial charge in [0.2, 0.25) is 17.7 Å². The maximum Gasteiger partial charge on any atom is 0.247 e. The van der Waals surface area contributed by atoms with Crippen LogP contribution < -0.4 is 25.0 Å². The van der Waals surface area contributed by atoms with Crippen molar-refractivity contribution in [1.29, 1.82) is 0 Å². The SMILES string of the molecule is CC(=O)NCc1ccc(Cl)c(CN(C(=O)[C@H]2CNCC(=O)N2c2ccc(OCCOc3c(Cl)cc(C)cc3Cl)cc2)C2CC2)c1. The predicted octanol–water partition coefficient (Wildman–Crippen LogP) is 5.55. The normalized spacial score (nSPS) is 16.3. The lowest BCUT2D eigenvalue weighted by Gasteiger charge is -2.38. The number of carbonyl (C=O) groups excluding carboxylic acids is 3. The molecule has 3 aromatic rings. The highest BCUT2D eigenvalue weighted by Crippen LogP contribution is 2.35. The zero-order valence-corrected chi connectivity index (χ0v) is 27.3. The number of halogens is 3. The van der Waals surface area contributed by atoms with Gasteiger partial charge in [-0.05, 0) is 78.9 Å². The van der Waals surface area contributed by atoms with Gasteiger partial charge >= 0.3 is 0 Å². The molecule has 0 bridgehead atoms. The molecule has 12 heteroatoms. The predicted molar refractivity (Wildman–Crippen MR) is 175 cm³/mol. The quantitative estimate of drug-likeness (QED) is 0.245. The molecule has 2 aliphatic rings. The lowest BCUT2D eigenvalue weighted by atomic mass is 10.1. The van der Waals surface area contributed by atoms with Crippen LogP contribution >= 0.6 is 34.8 Å². The highest BCUT2D eigenvalue weighted by molar-refractivity contribution is 6.37. The Labute approximate surface area is 277 Å². The fourth-order valence-electron chi connectivity index (χ4n) is 5.25. The Bertz CT molecular complexity index is 1540. The van der Waals surface area contributed by atoms with Gasteiger partial charge in [-0.15, -0.1) is 0 Å². The Kier molecular flexibility index (Phi) is 10.8. The molecule has 1 aliphatic carbocycles. The summed E-state index contributed by atoms with van der Waals surface area (Å²) in [5.41, 5.74) is 3.22. The van der Waals surface area contributed by atoms with E-state index in [2.05, 4.69) is 10.6 Å². The van der Waals surface area contributed by atoms with Crippen molar-refractivity contribution in [3.63, 3.8) is 0 Å². The maximum absolute atomic E-state index is 14.1. The van der Waals surface area contributed by atoms with Gasteiger partial charge < -0.3 is 25.0 Å². The molecule has 238 valence electrons. The van der Waals surface area contributed by atoms with Crippen molar-refractivity contribution in [3.8, 4) is 11.5 Å². The van der Waals surface area contributed by atoms with E-state index in [0.717, 1.165) is 29.5 Å². The van der Waals surface area contributed by atoms with Crippen LogP contribution in [-0.4, -0.2) is 61.0 Å². The molecule has 1 heterocycles. The molecule has 3 amide bonds. The minimum absolute atomic E-state index is 0.0779. The van der Waals surface area contributed by atoms with E-state index in [0.29, 0.717) is 51.9 Å². The first-order valence-electron chi connectivity index (χ1n) is 14.8. The van der Waals surface area contributed by atoms with E-state index in [1.54, 1.807) is 47.4 Å². The van der Waals surface area contributed by atoms with Crippen LogP contribution in [0.4, 0.5) is 5.69 Å². The molecule has 0 spiro atoms. The number of rotatable bonds is 12. The number of amides is 3. The summed E-state index contributed by atoms with van der Waals surface area (Å²) >= 11 is 19.0. The van der Waals surface area contributed by atoms with E-state index in [1.165, 1.54) is 6.92 Å². The number of anilines is 1. The van der Waals surface area contributed by atoms with Gasteiger partial charge in [0, 0.05) is 43.3 Å². The third kappa shape index (κ3) is 8.41. The number of ether oxygens (including phenoxy) is 2. The average Bonchev–Trinajstić information content (AvgIpc) is 3.84. The van der Waals surface area contributed by atoms with Gasteiger partial charge in [0.25, 0.3) is 0 Å². The largest absolute Gasteiger partial charge is 0.490 e. The van der Waals surface area contributed by atoms with Gasteiger partial charge in [-0.25, -0.2) is 0 Å². The van der Waals surface area contributed by atoms with Crippen molar-refractivity contribution in [2.45, 2.75) is 51.9 Å². The van der Waals surface area contributed by atoms with Crippen LogP contribution in [0.15, 0.2) is 54.6 Å². The molecule has 5 rings (SSSR count). The molecular formula is C33H35Cl3N4O5. The van der Waals surface area contributed by atoms with Crippen molar-refractivity contribution in [2.75, 3.05) is 31.2 Å². The van der Waals surface area contributed by atoms with E-state index in [1.807, 2.05) is 24.0 Å². The van der Waals surface area contributed by atoms with Crippen LogP contribution in [0.2, 0.25) is 15.1 Å². The molecule has 1 aliphatic heterocycles. The van der Waals surface area contributed by atoms with Crippen molar-refractivity contribution in [1.82, 2.24) is 15.5 Å². The highest BCUT2D eigenvalue weighted by atomic mass is 35.5. The summed E-state index contributed by atoms with van der Waals surface area (Å²) in [4.78, 5) is 42.0. The van der Waals surface area contributed by atoms with E-state index >= 15 is 0 Å². The molecular weight excluding hydrogens is 639 g/mol. The summed E-state index contributed by atoms with van der Waals surface area (Å²) in [5, 5.41) is 7.31. The monoisotopic (exact) mass is 672 g/mol. The highest BCUT2D eigenvalue weighted by Gasteiger charge is 2.41. The summed E-state index contributed by atoms with van der Waals surface area (Å²) in [6.07, 6.45) is 1.78. The fraction of sp³-hybridized carbons (Fsp3) is 0.364. The number of hydrogen-bond donors (Lipinski definition) is 2. The summed E-state index contributed by atoms with van der Waals surface area (Å²) in [6.45, 7) is 4.97. The van der Waals surface area contributed by atoms with E-state index in [9.17, 15) is 14.4 Å². The summed E-state index contributed by atoms with van der Waals surface area (Å²) in [5.74, 6) is 0.531. The molecule has 1 saturated carbocycles. The van der Waals surface area contributed by atoms with Crippen molar-refractivity contribution in [3.05, 3.63) is 86.4 Å². The first-order valence-corrected chi connectivity index (χ1v) is 15.9. The Morgan fingerprint density at radius 3 is 2.33 bits per heavy atom. The number of piperazine rings is 1. The minimum Gasteiger partial charge on any atom is -0.490 e. The Morgan fingerprint density at radius 1 is 0.978 bits per heavy atom. The molecule has 1 atom stereocenters. The second kappa shape index (κ2) is 14.7. The third-order valence-electron chi connectivity index (χ3n) is 7.60. The van der Waals surface area contributed by atoms with Crippen LogP contribution in [0, 0.1) is 6.92 Å². The lowest BCUT2D eigenvalue weighted by Crippen LogP contribution is -2.61. The van der Waals surface area contributed by atoms with Crippen molar-refractivity contribution in [2.24, 2.45) is 0 Å². The second-order valence-corrected chi connectivity index (χ2v) is 12.4. The van der Waals surface area contributed by atoms with Gasteiger partial charge in [0.15, 0.2) is 5.75 Å². The number of aryl methyl sites for hydroxylation is 1. The number of benzene rings is 3. The molecule has 45 heavy (non-hydrogen) atoms. The first kappa shape index (κ1) is 32.9. The van der Waals surface area contributed by atoms with Gasteiger partial charge in [-0.2, -0.15) is 0 Å². The Hall–Kier alpha value is -3.50. The van der Waals surface area contributed by atoms with Gasteiger partial charge in [0.1, 0.15) is 25.0 Å². The summed E-state index contributed by atoms with van der Waals surface area (Å²) in [7, 11) is 0. The average molecular weight is 674 g/mol. The van der Waals surface area contributed by atoms with Crippen LogP contribution in [0.25, 0.3) is 0 Å². The van der Waals surface area contributed by atoms with Crippen LogP contribution in [0.5, 0.6) is 11.5 Å². The molecule has 2 fully saturated rings. The molecule has 1 saturated heterocycles. The maximum atomic E-state index is 14.1. The number of hydrogen-bond acceptors (Lipinski definition) is 6. The van der Waals surface area contributed by atoms with Gasteiger partial charge in [-0.3, -0.25) is 19.3 Å². The fourth-order valence-corrected chi connectivity index (χ4v) is 6.13. The summed E-state index contributed by atoms with van der Waals surface area (Å²) in [6, 6.07) is 15.5. The van der Waals surface area contributed by atoms with Crippen LogP contribution in [0.1, 0.15) is 36.5 Å².